The van der Waals surface area contributed by atoms with Crippen molar-refractivity contribution in [2.75, 3.05) is 38.5 Å². The predicted molar refractivity (Wildman–Crippen MR) is 166 cm³/mol. The lowest BCUT2D eigenvalue weighted by Gasteiger charge is -2.35. The standard InChI is InChI=1S/C32H43F4N7O4/c1-4-27(44)38-25(31(47)42-16-14-41(3)15-17-42)19-20-6-11-24(23(33)18-20)39-30(46)28(21-7-9-22(10-8-21)32(34,35)36)40-29(45)26-12-13-37-43(26)5-2/h6,11-13,18,21-22,25,28H,4-5,7-10,14-17,19H2,1-3H3,(H,38,44)(H,39,46)(H,40,45)/t21-,22-,25-,28+/m1/s1. The van der Waals surface area contributed by atoms with Crippen LogP contribution < -0.4 is 16.0 Å². The second kappa shape index (κ2) is 15.7. The fourth-order valence-electron chi connectivity index (χ4n) is 6.15. The Morgan fingerprint density at radius 1 is 0.979 bits per heavy atom. The minimum absolute atomic E-state index is 0.0221. The average Bonchev–Trinajstić information content (AvgIpc) is 3.53. The van der Waals surface area contributed by atoms with Gasteiger partial charge in [0.2, 0.25) is 17.7 Å². The molecule has 2 aliphatic rings. The highest BCUT2D eigenvalue weighted by molar-refractivity contribution is 6.00. The molecule has 1 aliphatic carbocycles. The summed E-state index contributed by atoms with van der Waals surface area (Å²) in [4.78, 5) is 56.0. The molecule has 11 nitrogen and oxygen atoms in total. The molecule has 0 unspecified atom stereocenters. The smallest absolute Gasteiger partial charge is 0.344 e. The van der Waals surface area contributed by atoms with E-state index < -0.39 is 47.7 Å². The number of amides is 4. The maximum absolute atomic E-state index is 15.4. The third kappa shape index (κ3) is 9.30. The normalized spacial score (nSPS) is 20.3. The number of rotatable bonds is 11. The maximum atomic E-state index is 15.4. The van der Waals surface area contributed by atoms with Crippen molar-refractivity contribution in [1.29, 1.82) is 0 Å². The highest BCUT2D eigenvalue weighted by Crippen LogP contribution is 2.40. The van der Waals surface area contributed by atoms with Crippen molar-refractivity contribution < 1.29 is 36.7 Å². The van der Waals surface area contributed by atoms with E-state index >= 15 is 4.39 Å². The van der Waals surface area contributed by atoms with Gasteiger partial charge in [-0.2, -0.15) is 18.3 Å². The highest BCUT2D eigenvalue weighted by Gasteiger charge is 2.44. The Balaban J connectivity index is 1.49. The summed E-state index contributed by atoms with van der Waals surface area (Å²) in [6, 6.07) is 3.35. The number of hydrogen-bond donors (Lipinski definition) is 3. The van der Waals surface area contributed by atoms with Gasteiger partial charge in [0.25, 0.3) is 5.91 Å². The van der Waals surface area contributed by atoms with Gasteiger partial charge in [-0.3, -0.25) is 23.9 Å². The Morgan fingerprint density at radius 2 is 1.66 bits per heavy atom. The van der Waals surface area contributed by atoms with E-state index in [0.717, 1.165) is 0 Å². The minimum atomic E-state index is -4.35. The molecule has 0 spiro atoms. The summed E-state index contributed by atoms with van der Waals surface area (Å²) in [6.45, 7) is 6.21. The first-order valence-electron chi connectivity index (χ1n) is 16.1. The molecule has 2 atom stereocenters. The van der Waals surface area contributed by atoms with Crippen molar-refractivity contribution in [2.45, 2.75) is 77.2 Å². The molecule has 2 aromatic rings. The zero-order valence-corrected chi connectivity index (χ0v) is 26.9. The average molecular weight is 666 g/mol. The molecule has 1 saturated carbocycles. The van der Waals surface area contributed by atoms with Gasteiger partial charge >= 0.3 is 6.18 Å². The topological polar surface area (TPSA) is 129 Å². The van der Waals surface area contributed by atoms with Crippen molar-refractivity contribution in [3.63, 3.8) is 0 Å². The van der Waals surface area contributed by atoms with Gasteiger partial charge < -0.3 is 25.8 Å². The molecule has 47 heavy (non-hydrogen) atoms. The van der Waals surface area contributed by atoms with E-state index in [1.165, 1.54) is 35.1 Å². The van der Waals surface area contributed by atoms with Crippen molar-refractivity contribution in [1.82, 2.24) is 30.2 Å². The molecule has 1 aromatic heterocycles. The van der Waals surface area contributed by atoms with Crippen LogP contribution in [0.25, 0.3) is 0 Å². The fourth-order valence-corrected chi connectivity index (χ4v) is 6.15. The second-order valence-corrected chi connectivity index (χ2v) is 12.2. The number of likely N-dealkylation sites (N-methyl/N-ethyl adjacent to an activating group) is 1. The van der Waals surface area contributed by atoms with Gasteiger partial charge in [0, 0.05) is 51.8 Å². The van der Waals surface area contributed by atoms with E-state index in [-0.39, 0.29) is 61.7 Å². The van der Waals surface area contributed by atoms with Crippen LogP contribution in [-0.4, -0.2) is 94.7 Å². The van der Waals surface area contributed by atoms with Gasteiger partial charge in [-0.1, -0.05) is 13.0 Å². The Hall–Kier alpha value is -4.01. The van der Waals surface area contributed by atoms with Crippen LogP contribution >= 0.6 is 0 Å². The fraction of sp³-hybridized carbons (Fsp3) is 0.594. The molecule has 3 N–H and O–H groups in total. The number of anilines is 1. The van der Waals surface area contributed by atoms with E-state index in [4.69, 9.17) is 0 Å². The lowest BCUT2D eigenvalue weighted by atomic mass is 9.78. The van der Waals surface area contributed by atoms with Crippen molar-refractivity contribution >= 4 is 29.3 Å². The van der Waals surface area contributed by atoms with Gasteiger partial charge in [-0.25, -0.2) is 4.39 Å². The highest BCUT2D eigenvalue weighted by atomic mass is 19.4. The van der Waals surface area contributed by atoms with Crippen LogP contribution in [0, 0.1) is 17.7 Å². The first kappa shape index (κ1) is 35.8. The number of hydrogen-bond acceptors (Lipinski definition) is 6. The number of halogens is 4. The van der Waals surface area contributed by atoms with E-state index in [1.54, 1.807) is 18.7 Å². The zero-order chi connectivity index (χ0) is 34.3. The van der Waals surface area contributed by atoms with Crippen molar-refractivity contribution in [3.05, 3.63) is 47.5 Å². The van der Waals surface area contributed by atoms with Gasteiger partial charge in [0.15, 0.2) is 0 Å². The number of nitrogens with zero attached hydrogens (tertiary/aromatic N) is 4. The minimum Gasteiger partial charge on any atom is -0.344 e. The molecule has 15 heteroatoms. The van der Waals surface area contributed by atoms with Crippen LogP contribution in [0.4, 0.5) is 23.2 Å². The quantitative estimate of drug-likeness (QED) is 0.316. The van der Waals surface area contributed by atoms with E-state index in [2.05, 4.69) is 25.9 Å². The molecule has 4 rings (SSSR count). The third-order valence-electron chi connectivity index (χ3n) is 9.02. The summed E-state index contributed by atoms with van der Waals surface area (Å²) in [6.07, 6.45) is -3.02. The van der Waals surface area contributed by atoms with Crippen LogP contribution in [0.1, 0.15) is 62.0 Å². The molecule has 1 saturated heterocycles. The molecule has 0 radical (unpaired) electrons. The zero-order valence-electron chi connectivity index (χ0n) is 26.9. The number of aromatic nitrogens is 2. The summed E-state index contributed by atoms with van der Waals surface area (Å²) in [5.41, 5.74) is 0.397. The van der Waals surface area contributed by atoms with Crippen LogP contribution in [0.3, 0.4) is 0 Å². The van der Waals surface area contributed by atoms with Gasteiger partial charge in [-0.05, 0) is 69.3 Å². The van der Waals surface area contributed by atoms with Crippen LogP contribution in [-0.2, 0) is 27.3 Å². The lowest BCUT2D eigenvalue weighted by molar-refractivity contribution is -0.184. The number of benzene rings is 1. The molecule has 1 aromatic carbocycles. The first-order valence-corrected chi connectivity index (χ1v) is 16.1. The summed E-state index contributed by atoms with van der Waals surface area (Å²) in [5, 5.41) is 12.0. The van der Waals surface area contributed by atoms with E-state index in [9.17, 15) is 32.3 Å². The van der Waals surface area contributed by atoms with Crippen LogP contribution in [0.5, 0.6) is 0 Å². The van der Waals surface area contributed by atoms with Crippen LogP contribution in [0.2, 0.25) is 0 Å². The third-order valence-corrected chi connectivity index (χ3v) is 9.02. The molecule has 258 valence electrons. The number of alkyl halides is 3. The largest absolute Gasteiger partial charge is 0.391 e. The molecule has 0 bridgehead atoms. The monoisotopic (exact) mass is 665 g/mol. The first-order chi connectivity index (χ1) is 22.3. The summed E-state index contributed by atoms with van der Waals surface area (Å²) in [5.74, 6) is -4.87. The summed E-state index contributed by atoms with van der Waals surface area (Å²) >= 11 is 0. The van der Waals surface area contributed by atoms with Crippen molar-refractivity contribution in [2.24, 2.45) is 11.8 Å². The van der Waals surface area contributed by atoms with E-state index in [0.29, 0.717) is 38.3 Å². The lowest BCUT2D eigenvalue weighted by Crippen LogP contribution is -2.54. The molecule has 2 fully saturated rings. The molecule has 4 amide bonds. The molecular formula is C32H43F4N7O4. The van der Waals surface area contributed by atoms with Gasteiger partial charge in [-0.15, -0.1) is 0 Å². The number of carbonyl (C=O) groups excluding carboxylic acids is 4. The van der Waals surface area contributed by atoms with Gasteiger partial charge in [0.1, 0.15) is 23.6 Å². The van der Waals surface area contributed by atoms with Crippen LogP contribution in [0.15, 0.2) is 30.5 Å². The predicted octanol–water partition coefficient (Wildman–Crippen LogP) is 3.36. The van der Waals surface area contributed by atoms with Crippen molar-refractivity contribution in [3.8, 4) is 0 Å². The molecule has 2 heterocycles. The Bertz CT molecular complexity index is 1420. The second-order valence-electron chi connectivity index (χ2n) is 12.2. The van der Waals surface area contributed by atoms with Gasteiger partial charge in [0.05, 0.1) is 11.6 Å². The maximum Gasteiger partial charge on any atom is 0.391 e. The molecular weight excluding hydrogens is 622 g/mol. The number of piperazine rings is 1. The summed E-state index contributed by atoms with van der Waals surface area (Å²) in [7, 11) is 1.96. The SMILES string of the molecule is CCC(=O)N[C@H](Cc1ccc(NC(=O)[C@@H](NC(=O)c2ccnn2CC)[C@H]2CC[C@H](C(F)(F)F)CC2)c(F)c1)C(=O)N1CCN(C)CC1. The van der Waals surface area contributed by atoms with E-state index in [1.807, 2.05) is 7.05 Å². The Labute approximate surface area is 271 Å². The summed E-state index contributed by atoms with van der Waals surface area (Å²) < 4.78 is 56.9. The Kier molecular flexibility index (Phi) is 12.0. The number of carbonyl (C=O) groups is 4. The number of nitrogens with one attached hydrogen (secondary N) is 3. The number of aryl methyl sites for hydroxylation is 1. The Morgan fingerprint density at radius 3 is 2.26 bits per heavy atom. The molecule has 1 aliphatic heterocycles.